The van der Waals surface area contributed by atoms with Crippen molar-refractivity contribution in [2.75, 3.05) is 11.9 Å². The summed E-state index contributed by atoms with van der Waals surface area (Å²) in [7, 11) is 0. The third-order valence-electron chi connectivity index (χ3n) is 3.56. The number of amides is 1. The van der Waals surface area contributed by atoms with Crippen molar-refractivity contribution in [2.45, 2.75) is 12.5 Å². The Balaban J connectivity index is 1.81. The van der Waals surface area contributed by atoms with E-state index in [1.54, 1.807) is 12.1 Å². The minimum Gasteiger partial charge on any atom is -0.324 e. The molecule has 0 fully saturated rings. The van der Waals surface area contributed by atoms with Crippen LogP contribution in [-0.4, -0.2) is 12.5 Å². The van der Waals surface area contributed by atoms with Gasteiger partial charge < -0.3 is 10.6 Å². The van der Waals surface area contributed by atoms with Crippen molar-refractivity contribution in [1.82, 2.24) is 5.32 Å². The topological polar surface area (TPSA) is 41.1 Å². The molecule has 1 aliphatic rings. The highest BCUT2D eigenvalue weighted by molar-refractivity contribution is 9.10. The molecule has 3 rings (SSSR count). The molecule has 1 heterocycles. The smallest absolute Gasteiger partial charge is 0.246 e. The molecule has 108 valence electrons. The Hall–Kier alpha value is -1.72. The lowest BCUT2D eigenvalue weighted by atomic mass is 9.94. The molecule has 21 heavy (non-hydrogen) atoms. The van der Waals surface area contributed by atoms with Crippen molar-refractivity contribution in [2.24, 2.45) is 0 Å². The number of rotatable bonds is 2. The summed E-state index contributed by atoms with van der Waals surface area (Å²) in [6, 6.07) is 12.0. The standard InChI is InChI=1S/C16H14BrFN2O/c17-13-6-5-11(9-14(13)18)20-16(21)15-12-4-2-1-3-10(12)7-8-19-15/h1-6,9,15,19H,7-8H2,(H,20,21). The molecule has 1 unspecified atom stereocenters. The van der Waals surface area contributed by atoms with E-state index in [0.29, 0.717) is 10.2 Å². The molecule has 2 N–H and O–H groups in total. The predicted octanol–water partition coefficient (Wildman–Crippen LogP) is 3.41. The summed E-state index contributed by atoms with van der Waals surface area (Å²) in [4.78, 5) is 12.4. The lowest BCUT2D eigenvalue weighted by Gasteiger charge is -2.26. The number of carbonyl (C=O) groups excluding carboxylic acids is 1. The van der Waals surface area contributed by atoms with Gasteiger partial charge in [0.05, 0.1) is 4.47 Å². The molecule has 1 amide bonds. The maximum Gasteiger partial charge on any atom is 0.246 e. The van der Waals surface area contributed by atoms with Gasteiger partial charge in [0.25, 0.3) is 0 Å². The SMILES string of the molecule is O=C(Nc1ccc(Br)c(F)c1)C1NCCc2ccccc21. The Morgan fingerprint density at radius 2 is 2.10 bits per heavy atom. The van der Waals surface area contributed by atoms with Crippen LogP contribution in [0.5, 0.6) is 0 Å². The van der Waals surface area contributed by atoms with Gasteiger partial charge in [-0.2, -0.15) is 0 Å². The minimum atomic E-state index is -0.401. The van der Waals surface area contributed by atoms with E-state index in [9.17, 15) is 9.18 Å². The molecule has 1 aliphatic heterocycles. The summed E-state index contributed by atoms with van der Waals surface area (Å²) >= 11 is 3.09. The lowest BCUT2D eigenvalue weighted by molar-refractivity contribution is -0.118. The van der Waals surface area contributed by atoms with E-state index >= 15 is 0 Å². The monoisotopic (exact) mass is 348 g/mol. The van der Waals surface area contributed by atoms with Gasteiger partial charge in [-0.25, -0.2) is 4.39 Å². The fourth-order valence-corrected chi connectivity index (χ4v) is 2.77. The average Bonchev–Trinajstić information content (AvgIpc) is 2.50. The van der Waals surface area contributed by atoms with Gasteiger partial charge >= 0.3 is 0 Å². The van der Waals surface area contributed by atoms with Crippen LogP contribution in [0.15, 0.2) is 46.9 Å². The van der Waals surface area contributed by atoms with Crippen LogP contribution in [0.4, 0.5) is 10.1 Å². The third kappa shape index (κ3) is 2.99. The zero-order valence-corrected chi connectivity index (χ0v) is 12.8. The average molecular weight is 349 g/mol. The summed E-state index contributed by atoms with van der Waals surface area (Å²) in [6.45, 7) is 0.754. The second kappa shape index (κ2) is 5.95. The molecule has 0 radical (unpaired) electrons. The van der Waals surface area contributed by atoms with Crippen molar-refractivity contribution >= 4 is 27.5 Å². The van der Waals surface area contributed by atoms with Gasteiger partial charge in [-0.1, -0.05) is 24.3 Å². The van der Waals surface area contributed by atoms with E-state index in [1.807, 2.05) is 24.3 Å². The van der Waals surface area contributed by atoms with E-state index < -0.39 is 11.9 Å². The fourth-order valence-electron chi connectivity index (χ4n) is 2.53. The Bertz CT molecular complexity index is 690. The van der Waals surface area contributed by atoms with Crippen LogP contribution in [-0.2, 0) is 11.2 Å². The van der Waals surface area contributed by atoms with Crippen LogP contribution in [0.25, 0.3) is 0 Å². The molecule has 2 aromatic rings. The van der Waals surface area contributed by atoms with Crippen LogP contribution in [0, 0.1) is 5.82 Å². The van der Waals surface area contributed by atoms with Crippen molar-refractivity contribution in [3.8, 4) is 0 Å². The molecule has 0 aromatic heterocycles. The van der Waals surface area contributed by atoms with E-state index in [0.717, 1.165) is 18.5 Å². The number of hydrogen-bond acceptors (Lipinski definition) is 2. The number of nitrogens with one attached hydrogen (secondary N) is 2. The Kier molecular flexibility index (Phi) is 4.03. The number of hydrogen-bond donors (Lipinski definition) is 2. The Morgan fingerprint density at radius 3 is 2.90 bits per heavy atom. The van der Waals surface area contributed by atoms with Gasteiger partial charge in [0, 0.05) is 12.2 Å². The molecule has 0 bridgehead atoms. The van der Waals surface area contributed by atoms with Crippen LogP contribution < -0.4 is 10.6 Å². The molecule has 0 spiro atoms. The maximum absolute atomic E-state index is 13.5. The van der Waals surface area contributed by atoms with E-state index in [2.05, 4.69) is 26.6 Å². The highest BCUT2D eigenvalue weighted by Crippen LogP contribution is 2.25. The van der Waals surface area contributed by atoms with Gasteiger partial charge in [-0.3, -0.25) is 4.79 Å². The Labute approximate surface area is 130 Å². The molecule has 0 aliphatic carbocycles. The van der Waals surface area contributed by atoms with Crippen molar-refractivity contribution in [3.05, 3.63) is 63.9 Å². The van der Waals surface area contributed by atoms with Crippen molar-refractivity contribution in [3.63, 3.8) is 0 Å². The number of anilines is 1. The first-order valence-electron chi connectivity index (χ1n) is 6.72. The van der Waals surface area contributed by atoms with Crippen molar-refractivity contribution in [1.29, 1.82) is 0 Å². The normalized spacial score (nSPS) is 17.1. The predicted molar refractivity (Wildman–Crippen MR) is 83.6 cm³/mol. The number of benzene rings is 2. The number of carbonyl (C=O) groups is 1. The zero-order chi connectivity index (χ0) is 14.8. The summed E-state index contributed by atoms with van der Waals surface area (Å²) < 4.78 is 13.9. The fraction of sp³-hybridized carbons (Fsp3) is 0.188. The van der Waals surface area contributed by atoms with E-state index in [4.69, 9.17) is 0 Å². The van der Waals surface area contributed by atoms with Gasteiger partial charge in [-0.15, -0.1) is 0 Å². The molecule has 0 saturated heterocycles. The molecular formula is C16H14BrFN2O. The zero-order valence-electron chi connectivity index (χ0n) is 11.2. The molecule has 0 saturated carbocycles. The summed E-state index contributed by atoms with van der Waals surface area (Å²) in [5.74, 6) is -0.575. The molecule has 5 heteroatoms. The van der Waals surface area contributed by atoms with Gasteiger partial charge in [0.15, 0.2) is 0 Å². The second-order valence-corrected chi connectivity index (χ2v) is 5.81. The van der Waals surface area contributed by atoms with Crippen LogP contribution in [0.3, 0.4) is 0 Å². The highest BCUT2D eigenvalue weighted by atomic mass is 79.9. The van der Waals surface area contributed by atoms with Gasteiger partial charge in [0.1, 0.15) is 11.9 Å². The van der Waals surface area contributed by atoms with Crippen LogP contribution >= 0.6 is 15.9 Å². The summed E-state index contributed by atoms with van der Waals surface area (Å²) in [6.07, 6.45) is 0.910. The van der Waals surface area contributed by atoms with Gasteiger partial charge in [-0.05, 0) is 51.7 Å². The Morgan fingerprint density at radius 1 is 1.29 bits per heavy atom. The van der Waals surface area contributed by atoms with Crippen LogP contribution in [0.1, 0.15) is 17.2 Å². The lowest BCUT2D eigenvalue weighted by Crippen LogP contribution is -2.38. The van der Waals surface area contributed by atoms with Crippen LogP contribution in [0.2, 0.25) is 0 Å². The maximum atomic E-state index is 13.5. The van der Waals surface area contributed by atoms with E-state index in [1.165, 1.54) is 11.6 Å². The summed E-state index contributed by atoms with van der Waals surface area (Å²) in [5.41, 5.74) is 2.61. The van der Waals surface area contributed by atoms with E-state index in [-0.39, 0.29) is 5.91 Å². The van der Waals surface area contributed by atoms with Crippen molar-refractivity contribution < 1.29 is 9.18 Å². The second-order valence-electron chi connectivity index (χ2n) is 4.95. The van der Waals surface area contributed by atoms with Gasteiger partial charge in [0.2, 0.25) is 5.91 Å². The first kappa shape index (κ1) is 14.2. The molecule has 2 aromatic carbocycles. The molecule has 3 nitrogen and oxygen atoms in total. The number of halogens is 2. The third-order valence-corrected chi connectivity index (χ3v) is 4.20. The quantitative estimate of drug-likeness (QED) is 0.873. The highest BCUT2D eigenvalue weighted by Gasteiger charge is 2.25. The molecular weight excluding hydrogens is 335 g/mol. The first-order chi connectivity index (χ1) is 10.1. The number of fused-ring (bicyclic) bond motifs is 1. The first-order valence-corrected chi connectivity index (χ1v) is 7.51. The largest absolute Gasteiger partial charge is 0.324 e. The minimum absolute atomic E-state index is 0.177. The summed E-state index contributed by atoms with van der Waals surface area (Å²) in [5, 5.41) is 5.96. The molecule has 1 atom stereocenters.